The molecule has 0 aliphatic rings. The van der Waals surface area contributed by atoms with Gasteiger partial charge < -0.3 is 10.1 Å². The monoisotopic (exact) mass is 464 g/mol. The van der Waals surface area contributed by atoms with Gasteiger partial charge in [0.25, 0.3) is 0 Å². The lowest BCUT2D eigenvalue weighted by molar-refractivity contribution is -0.118. The number of carbonyl (C=O) groups is 2. The minimum atomic E-state index is -0.100. The van der Waals surface area contributed by atoms with E-state index in [1.165, 1.54) is 30.0 Å². The molecule has 0 atom stereocenters. The smallest absolute Gasteiger partial charge is 0.216 e. The highest BCUT2D eigenvalue weighted by Gasteiger charge is 2.17. The summed E-state index contributed by atoms with van der Waals surface area (Å²) in [4.78, 5) is 24.3. The molecule has 30 heavy (non-hydrogen) atoms. The quantitative estimate of drug-likeness (QED) is 0.360. The second-order valence-corrected chi connectivity index (χ2v) is 8.87. The fourth-order valence-electron chi connectivity index (χ4n) is 2.69. The number of ether oxygens (including phenoxy) is 1. The Morgan fingerprint density at radius 1 is 1.20 bits per heavy atom. The van der Waals surface area contributed by atoms with Gasteiger partial charge in [-0.3, -0.25) is 14.2 Å². The van der Waals surface area contributed by atoms with Crippen molar-refractivity contribution >= 4 is 46.4 Å². The van der Waals surface area contributed by atoms with Gasteiger partial charge in [-0.1, -0.05) is 23.4 Å². The van der Waals surface area contributed by atoms with Crippen LogP contribution in [0.15, 0.2) is 41.6 Å². The van der Waals surface area contributed by atoms with E-state index in [0.29, 0.717) is 39.8 Å². The van der Waals surface area contributed by atoms with Crippen LogP contribution >= 0.6 is 34.7 Å². The van der Waals surface area contributed by atoms with Crippen molar-refractivity contribution < 1.29 is 14.3 Å². The van der Waals surface area contributed by atoms with Crippen molar-refractivity contribution in [2.24, 2.45) is 0 Å². The minimum absolute atomic E-state index is 0.0158. The standard InChI is InChI=1S/C20H21ClN4O3S2/c1-3-28-15-6-4-14(5-7-15)25-19(10-11-22-13(2)26)23-24-20(25)29-12-16(27)17-8-9-18(21)30-17/h4-9H,3,10-12H2,1-2H3,(H,22,26). The molecule has 3 aromatic rings. The molecule has 0 spiro atoms. The third kappa shape index (κ3) is 5.84. The van der Waals surface area contributed by atoms with Crippen LogP contribution < -0.4 is 10.1 Å². The molecule has 7 nitrogen and oxygen atoms in total. The maximum absolute atomic E-state index is 12.5. The minimum Gasteiger partial charge on any atom is -0.494 e. The third-order valence-corrected chi connectivity index (χ3v) is 6.21. The summed E-state index contributed by atoms with van der Waals surface area (Å²) in [6, 6.07) is 11.0. The zero-order chi connectivity index (χ0) is 21.5. The van der Waals surface area contributed by atoms with E-state index in [1.54, 1.807) is 12.1 Å². The van der Waals surface area contributed by atoms with E-state index in [9.17, 15) is 9.59 Å². The van der Waals surface area contributed by atoms with Gasteiger partial charge in [-0.15, -0.1) is 21.5 Å². The van der Waals surface area contributed by atoms with Crippen molar-refractivity contribution in [3.8, 4) is 11.4 Å². The van der Waals surface area contributed by atoms with Crippen LogP contribution in [0.1, 0.15) is 29.3 Å². The van der Waals surface area contributed by atoms with Gasteiger partial charge in [0.15, 0.2) is 10.9 Å². The number of rotatable bonds is 10. The third-order valence-electron chi connectivity index (χ3n) is 4.01. The van der Waals surface area contributed by atoms with Crippen molar-refractivity contribution in [1.29, 1.82) is 0 Å². The van der Waals surface area contributed by atoms with Crippen molar-refractivity contribution in [2.75, 3.05) is 18.9 Å². The molecule has 0 unspecified atom stereocenters. The van der Waals surface area contributed by atoms with Gasteiger partial charge in [-0.2, -0.15) is 0 Å². The van der Waals surface area contributed by atoms with Crippen molar-refractivity contribution in [1.82, 2.24) is 20.1 Å². The van der Waals surface area contributed by atoms with Crippen LogP contribution in [0.2, 0.25) is 4.34 Å². The second kappa shape index (κ2) is 10.6. The molecule has 0 saturated heterocycles. The molecular weight excluding hydrogens is 444 g/mol. The topological polar surface area (TPSA) is 86.1 Å². The van der Waals surface area contributed by atoms with Crippen molar-refractivity contribution in [2.45, 2.75) is 25.4 Å². The summed E-state index contributed by atoms with van der Waals surface area (Å²) in [6.45, 7) is 4.44. The van der Waals surface area contributed by atoms with Gasteiger partial charge in [-0.25, -0.2) is 0 Å². The number of halogens is 1. The first-order valence-electron chi connectivity index (χ1n) is 9.31. The predicted molar refractivity (Wildman–Crippen MR) is 119 cm³/mol. The number of thiophene rings is 1. The summed E-state index contributed by atoms with van der Waals surface area (Å²) in [5.74, 6) is 1.57. The lowest BCUT2D eigenvalue weighted by Crippen LogP contribution is -2.23. The van der Waals surface area contributed by atoms with Gasteiger partial charge in [0.1, 0.15) is 11.6 Å². The number of Topliss-reactive ketones (excluding diaryl/α,β-unsaturated/α-hetero) is 1. The zero-order valence-corrected chi connectivity index (χ0v) is 18.9. The Labute approximate surface area is 187 Å². The molecule has 2 aromatic heterocycles. The highest BCUT2D eigenvalue weighted by atomic mass is 35.5. The molecule has 10 heteroatoms. The van der Waals surface area contributed by atoms with Crippen molar-refractivity contribution in [3.05, 3.63) is 51.4 Å². The van der Waals surface area contributed by atoms with Crippen LogP contribution in [0.3, 0.4) is 0 Å². The molecule has 158 valence electrons. The number of hydrogen-bond donors (Lipinski definition) is 1. The maximum Gasteiger partial charge on any atom is 0.216 e. The first kappa shape index (κ1) is 22.3. The van der Waals surface area contributed by atoms with Gasteiger partial charge in [0.2, 0.25) is 5.91 Å². The summed E-state index contributed by atoms with van der Waals surface area (Å²) in [7, 11) is 0. The first-order valence-corrected chi connectivity index (χ1v) is 11.5. The van der Waals surface area contributed by atoms with E-state index < -0.39 is 0 Å². The Balaban J connectivity index is 1.81. The summed E-state index contributed by atoms with van der Waals surface area (Å²) in [5, 5.41) is 11.9. The molecular formula is C20H21ClN4O3S2. The Bertz CT molecular complexity index is 1020. The number of benzene rings is 1. The Morgan fingerprint density at radius 2 is 1.97 bits per heavy atom. The molecule has 0 aliphatic heterocycles. The van der Waals surface area contributed by atoms with E-state index in [4.69, 9.17) is 16.3 Å². The van der Waals surface area contributed by atoms with Crippen molar-refractivity contribution in [3.63, 3.8) is 0 Å². The lowest BCUT2D eigenvalue weighted by atomic mass is 10.3. The van der Waals surface area contributed by atoms with Gasteiger partial charge >= 0.3 is 0 Å². The van der Waals surface area contributed by atoms with E-state index in [1.807, 2.05) is 35.8 Å². The summed E-state index contributed by atoms with van der Waals surface area (Å²) in [6.07, 6.45) is 0.509. The van der Waals surface area contributed by atoms with Crippen LogP contribution in [0.25, 0.3) is 5.69 Å². The predicted octanol–water partition coefficient (Wildman–Crippen LogP) is 4.03. The molecule has 2 heterocycles. The number of aromatic nitrogens is 3. The summed E-state index contributed by atoms with van der Waals surface area (Å²) < 4.78 is 8.00. The summed E-state index contributed by atoms with van der Waals surface area (Å²) in [5.41, 5.74) is 0.857. The highest BCUT2D eigenvalue weighted by Crippen LogP contribution is 2.27. The number of thioether (sulfide) groups is 1. The Morgan fingerprint density at radius 3 is 2.60 bits per heavy atom. The molecule has 3 rings (SSSR count). The molecule has 0 fully saturated rings. The van der Waals surface area contributed by atoms with E-state index in [2.05, 4.69) is 15.5 Å². The average Bonchev–Trinajstić information content (AvgIpc) is 3.33. The van der Waals surface area contributed by atoms with Crippen LogP contribution in [0, 0.1) is 0 Å². The molecule has 1 aromatic carbocycles. The molecule has 1 amide bonds. The van der Waals surface area contributed by atoms with E-state index in [0.717, 1.165) is 11.4 Å². The fraction of sp³-hybridized carbons (Fsp3) is 0.300. The normalized spacial score (nSPS) is 10.8. The van der Waals surface area contributed by atoms with Gasteiger partial charge in [-0.05, 0) is 43.3 Å². The SMILES string of the molecule is CCOc1ccc(-n2c(CCNC(C)=O)nnc2SCC(=O)c2ccc(Cl)s2)cc1. The molecule has 0 radical (unpaired) electrons. The molecule has 1 N–H and O–H groups in total. The summed E-state index contributed by atoms with van der Waals surface area (Å²) >= 11 is 8.51. The molecule has 0 saturated carbocycles. The van der Waals surface area contributed by atoms with Crippen LogP contribution in [0.5, 0.6) is 5.75 Å². The second-order valence-electron chi connectivity index (χ2n) is 6.21. The number of nitrogens with zero attached hydrogens (tertiary/aromatic N) is 3. The number of ketones is 1. The van der Waals surface area contributed by atoms with Gasteiger partial charge in [0, 0.05) is 25.6 Å². The number of hydrogen-bond acceptors (Lipinski definition) is 7. The largest absolute Gasteiger partial charge is 0.494 e. The Kier molecular flexibility index (Phi) is 7.89. The molecule has 0 bridgehead atoms. The Hall–Kier alpha value is -2.36. The van der Waals surface area contributed by atoms with E-state index in [-0.39, 0.29) is 17.4 Å². The van der Waals surface area contributed by atoms with Crippen LogP contribution in [-0.4, -0.2) is 45.4 Å². The van der Waals surface area contributed by atoms with E-state index >= 15 is 0 Å². The first-order chi connectivity index (χ1) is 14.5. The molecule has 0 aliphatic carbocycles. The zero-order valence-electron chi connectivity index (χ0n) is 16.6. The number of amides is 1. The van der Waals surface area contributed by atoms with Gasteiger partial charge in [0.05, 0.1) is 21.6 Å². The van der Waals surface area contributed by atoms with Crippen LogP contribution in [0.4, 0.5) is 0 Å². The number of nitrogens with one attached hydrogen (secondary N) is 1. The van der Waals surface area contributed by atoms with Crippen LogP contribution in [-0.2, 0) is 11.2 Å². The lowest BCUT2D eigenvalue weighted by Gasteiger charge is -2.11. The highest BCUT2D eigenvalue weighted by molar-refractivity contribution is 7.99. The average molecular weight is 465 g/mol. The number of carbonyl (C=O) groups excluding carboxylic acids is 2. The fourth-order valence-corrected chi connectivity index (χ4v) is 4.61. The maximum atomic E-state index is 12.5.